The summed E-state index contributed by atoms with van der Waals surface area (Å²) in [7, 11) is 0. The van der Waals surface area contributed by atoms with Gasteiger partial charge in [-0.1, -0.05) is 23.7 Å². The molecule has 2 aliphatic heterocycles. The molecule has 0 aliphatic carbocycles. The molecular formula is C17H21ClN2O3. The van der Waals surface area contributed by atoms with Gasteiger partial charge in [-0.2, -0.15) is 0 Å². The molecule has 1 unspecified atom stereocenters. The Morgan fingerprint density at radius 1 is 1.39 bits per heavy atom. The van der Waals surface area contributed by atoms with E-state index in [-0.39, 0.29) is 29.9 Å². The highest BCUT2D eigenvalue weighted by molar-refractivity contribution is 6.30. The molecule has 5 nitrogen and oxygen atoms in total. The first-order valence-corrected chi connectivity index (χ1v) is 8.41. The summed E-state index contributed by atoms with van der Waals surface area (Å²) in [5.41, 5.74) is 1.12. The zero-order valence-electron chi connectivity index (χ0n) is 13.4. The molecule has 124 valence electrons. The summed E-state index contributed by atoms with van der Waals surface area (Å²) < 4.78 is 5.14. The molecule has 3 rings (SSSR count). The molecule has 2 saturated heterocycles. The number of hydrazine groups is 1. The fourth-order valence-corrected chi connectivity index (χ4v) is 3.67. The van der Waals surface area contributed by atoms with Gasteiger partial charge in [0, 0.05) is 18.0 Å². The van der Waals surface area contributed by atoms with E-state index in [9.17, 15) is 9.59 Å². The van der Waals surface area contributed by atoms with Crippen LogP contribution in [-0.4, -0.2) is 41.1 Å². The van der Waals surface area contributed by atoms with E-state index in [1.165, 1.54) is 0 Å². The van der Waals surface area contributed by atoms with Gasteiger partial charge in [-0.25, -0.2) is 5.01 Å². The van der Waals surface area contributed by atoms with Gasteiger partial charge in [-0.15, -0.1) is 0 Å². The summed E-state index contributed by atoms with van der Waals surface area (Å²) in [6.07, 6.45) is 1.23. The van der Waals surface area contributed by atoms with Gasteiger partial charge in [-0.05, 0) is 38.0 Å². The molecule has 0 N–H and O–H groups in total. The largest absolute Gasteiger partial charge is 0.466 e. The first-order chi connectivity index (χ1) is 11.0. The van der Waals surface area contributed by atoms with Crippen LogP contribution in [0.2, 0.25) is 5.02 Å². The standard InChI is InChI=1S/C17H21ClN2O3/c1-3-23-17(22)11(2)14-10-15(12-4-6-13(18)7-5-12)19-9-8-16(21)20(14)19/h4-7,11,14-15H,3,8-10H2,1-2H3/t11?,14-,15+/m0/s1. The lowest BCUT2D eigenvalue weighted by atomic mass is 9.93. The summed E-state index contributed by atoms with van der Waals surface area (Å²) in [4.78, 5) is 24.4. The topological polar surface area (TPSA) is 49.9 Å². The molecule has 6 heteroatoms. The molecule has 1 aromatic rings. The van der Waals surface area contributed by atoms with Crippen LogP contribution in [-0.2, 0) is 14.3 Å². The van der Waals surface area contributed by atoms with Crippen molar-refractivity contribution < 1.29 is 14.3 Å². The first-order valence-electron chi connectivity index (χ1n) is 8.03. The number of hydrogen-bond donors (Lipinski definition) is 0. The summed E-state index contributed by atoms with van der Waals surface area (Å²) in [5, 5.41) is 4.56. The Bertz CT molecular complexity index is 604. The van der Waals surface area contributed by atoms with Gasteiger partial charge < -0.3 is 4.74 Å². The molecule has 0 bridgehead atoms. The molecule has 2 heterocycles. The summed E-state index contributed by atoms with van der Waals surface area (Å²) in [5.74, 6) is -0.492. The van der Waals surface area contributed by atoms with E-state index in [0.717, 1.165) is 12.0 Å². The van der Waals surface area contributed by atoms with E-state index in [0.29, 0.717) is 24.6 Å². The molecule has 0 aromatic heterocycles. The quantitative estimate of drug-likeness (QED) is 0.793. The number of esters is 1. The summed E-state index contributed by atoms with van der Waals surface area (Å²) in [6.45, 7) is 4.69. The monoisotopic (exact) mass is 336 g/mol. The van der Waals surface area contributed by atoms with Crippen LogP contribution in [0.1, 0.15) is 38.3 Å². The third-order valence-electron chi connectivity index (χ3n) is 4.72. The summed E-state index contributed by atoms with van der Waals surface area (Å²) in [6, 6.07) is 7.66. The van der Waals surface area contributed by atoms with Crippen molar-refractivity contribution in [2.75, 3.05) is 13.2 Å². The number of fused-ring (bicyclic) bond motifs is 1. The molecule has 0 radical (unpaired) electrons. The molecule has 0 saturated carbocycles. The van der Waals surface area contributed by atoms with Crippen LogP contribution in [0.5, 0.6) is 0 Å². The van der Waals surface area contributed by atoms with Crippen molar-refractivity contribution in [3.63, 3.8) is 0 Å². The fourth-order valence-electron chi connectivity index (χ4n) is 3.55. The second-order valence-electron chi connectivity index (χ2n) is 6.06. The van der Waals surface area contributed by atoms with Crippen LogP contribution in [0.25, 0.3) is 0 Å². The van der Waals surface area contributed by atoms with E-state index in [4.69, 9.17) is 16.3 Å². The van der Waals surface area contributed by atoms with Crippen LogP contribution in [0.4, 0.5) is 0 Å². The lowest BCUT2D eigenvalue weighted by Crippen LogP contribution is -2.43. The number of amides is 1. The highest BCUT2D eigenvalue weighted by Gasteiger charge is 2.49. The number of carbonyl (C=O) groups is 2. The van der Waals surface area contributed by atoms with Crippen LogP contribution >= 0.6 is 11.6 Å². The Kier molecular flexibility index (Phi) is 4.60. The second-order valence-corrected chi connectivity index (χ2v) is 6.50. The van der Waals surface area contributed by atoms with Crippen LogP contribution in [0.15, 0.2) is 24.3 Å². The minimum absolute atomic E-state index is 0.0858. The summed E-state index contributed by atoms with van der Waals surface area (Å²) >= 11 is 5.97. The highest BCUT2D eigenvalue weighted by Crippen LogP contribution is 2.42. The lowest BCUT2D eigenvalue weighted by Gasteiger charge is -2.29. The van der Waals surface area contributed by atoms with Gasteiger partial charge in [-0.3, -0.25) is 14.6 Å². The lowest BCUT2D eigenvalue weighted by molar-refractivity contribution is -0.153. The molecule has 1 aromatic carbocycles. The van der Waals surface area contributed by atoms with Crippen molar-refractivity contribution >= 4 is 23.5 Å². The fraction of sp³-hybridized carbons (Fsp3) is 0.529. The van der Waals surface area contributed by atoms with E-state index in [2.05, 4.69) is 5.01 Å². The van der Waals surface area contributed by atoms with E-state index < -0.39 is 0 Å². The molecule has 2 aliphatic rings. The van der Waals surface area contributed by atoms with Gasteiger partial charge in [0.2, 0.25) is 5.91 Å². The number of nitrogens with zero attached hydrogens (tertiary/aromatic N) is 2. The van der Waals surface area contributed by atoms with Crippen molar-refractivity contribution in [3.8, 4) is 0 Å². The van der Waals surface area contributed by atoms with E-state index >= 15 is 0 Å². The molecule has 3 atom stereocenters. The average molecular weight is 337 g/mol. The maximum Gasteiger partial charge on any atom is 0.310 e. The van der Waals surface area contributed by atoms with Crippen LogP contribution in [0.3, 0.4) is 0 Å². The number of ether oxygens (including phenoxy) is 1. The number of hydrogen-bond acceptors (Lipinski definition) is 4. The number of carbonyl (C=O) groups excluding carboxylic acids is 2. The number of benzene rings is 1. The van der Waals surface area contributed by atoms with Gasteiger partial charge in [0.05, 0.1) is 24.6 Å². The predicted molar refractivity (Wildman–Crippen MR) is 86.6 cm³/mol. The van der Waals surface area contributed by atoms with Gasteiger partial charge >= 0.3 is 5.97 Å². The SMILES string of the molecule is CCOC(=O)C(C)[C@@H]1C[C@H](c2ccc(Cl)cc2)N2CCC(=O)N12. The average Bonchev–Trinajstić information content (AvgIpc) is 3.09. The smallest absolute Gasteiger partial charge is 0.310 e. The van der Waals surface area contributed by atoms with E-state index in [1.54, 1.807) is 11.9 Å². The van der Waals surface area contributed by atoms with Gasteiger partial charge in [0.25, 0.3) is 0 Å². The molecule has 1 amide bonds. The van der Waals surface area contributed by atoms with Crippen molar-refractivity contribution in [2.24, 2.45) is 5.92 Å². The maximum absolute atomic E-state index is 12.3. The normalized spacial score (nSPS) is 25.5. The Morgan fingerprint density at radius 2 is 2.09 bits per heavy atom. The van der Waals surface area contributed by atoms with Crippen molar-refractivity contribution in [3.05, 3.63) is 34.9 Å². The highest BCUT2D eigenvalue weighted by atomic mass is 35.5. The van der Waals surface area contributed by atoms with Crippen molar-refractivity contribution in [1.29, 1.82) is 0 Å². The minimum Gasteiger partial charge on any atom is -0.466 e. The first kappa shape index (κ1) is 16.3. The molecule has 2 fully saturated rings. The Hall–Kier alpha value is -1.59. The molecular weight excluding hydrogens is 316 g/mol. The van der Waals surface area contributed by atoms with Crippen molar-refractivity contribution in [2.45, 2.75) is 38.8 Å². The minimum atomic E-state index is -0.336. The number of rotatable bonds is 4. The van der Waals surface area contributed by atoms with Crippen molar-refractivity contribution in [1.82, 2.24) is 10.0 Å². The molecule has 23 heavy (non-hydrogen) atoms. The number of halogens is 1. The maximum atomic E-state index is 12.3. The van der Waals surface area contributed by atoms with Gasteiger partial charge in [0.15, 0.2) is 0 Å². The predicted octanol–water partition coefficient (Wildman–Crippen LogP) is 2.80. The Labute approximate surface area is 141 Å². The van der Waals surface area contributed by atoms with Gasteiger partial charge in [0.1, 0.15) is 0 Å². The molecule has 0 spiro atoms. The third kappa shape index (κ3) is 2.95. The van der Waals surface area contributed by atoms with Crippen LogP contribution in [0, 0.1) is 5.92 Å². The van der Waals surface area contributed by atoms with E-state index in [1.807, 2.05) is 31.2 Å². The van der Waals surface area contributed by atoms with Crippen LogP contribution < -0.4 is 0 Å². The second kappa shape index (κ2) is 6.49. The Balaban J connectivity index is 1.86. The zero-order chi connectivity index (χ0) is 16.6. The zero-order valence-corrected chi connectivity index (χ0v) is 14.1. The Morgan fingerprint density at radius 3 is 2.74 bits per heavy atom. The third-order valence-corrected chi connectivity index (χ3v) is 4.97.